The number of nitrogens with zero attached hydrogens (tertiary/aromatic N) is 2. The molecule has 0 spiro atoms. The Morgan fingerprint density at radius 3 is 2.17 bits per heavy atom. The summed E-state index contributed by atoms with van der Waals surface area (Å²) < 4.78 is 0. The lowest BCUT2D eigenvalue weighted by Crippen LogP contribution is -2.60. The second-order valence-electron chi connectivity index (χ2n) is 10.1. The van der Waals surface area contributed by atoms with E-state index in [-0.39, 0.29) is 31.4 Å². The summed E-state index contributed by atoms with van der Waals surface area (Å²) in [6.07, 6.45) is 1.80. The molecule has 0 radical (unpaired) electrons. The first kappa shape index (κ1) is 35.1. The van der Waals surface area contributed by atoms with Gasteiger partial charge in [-0.05, 0) is 38.5 Å². The van der Waals surface area contributed by atoms with Gasteiger partial charge in [-0.1, -0.05) is 20.3 Å². The fourth-order valence-electron chi connectivity index (χ4n) is 4.30. The average Bonchev–Trinajstić information content (AvgIpc) is 3.40. The van der Waals surface area contributed by atoms with Crippen molar-refractivity contribution in [1.29, 1.82) is 0 Å². The number of hydrogen-bond acceptors (Lipinski definition) is 8. The maximum absolute atomic E-state index is 13.7. The quantitative estimate of drug-likeness (QED) is 0.0509. The minimum atomic E-state index is -1.27. The van der Waals surface area contributed by atoms with E-state index in [2.05, 4.69) is 26.3 Å². The molecule has 1 rings (SSSR count). The monoisotopic (exact) mass is 583 g/mol. The first-order chi connectivity index (χ1) is 19.2. The molecule has 41 heavy (non-hydrogen) atoms. The van der Waals surface area contributed by atoms with Crippen LogP contribution in [0.2, 0.25) is 0 Å². The van der Waals surface area contributed by atoms with Crippen LogP contribution in [0.15, 0.2) is 4.99 Å². The second kappa shape index (κ2) is 17.0. The maximum atomic E-state index is 13.7. The number of aliphatic hydroxyl groups excluding tert-OH is 1. The highest BCUT2D eigenvalue weighted by molar-refractivity contribution is 5.96. The summed E-state index contributed by atoms with van der Waals surface area (Å²) in [6, 6.07) is -5.26. The van der Waals surface area contributed by atoms with E-state index in [9.17, 15) is 33.9 Å². The summed E-state index contributed by atoms with van der Waals surface area (Å²) in [5.74, 6) is -4.25. The van der Waals surface area contributed by atoms with Gasteiger partial charge in [-0.3, -0.25) is 33.8 Å². The number of hydrogen-bond donors (Lipinski definition) is 8. The number of likely N-dealkylation sites (tertiary alicyclic amines) is 1. The highest BCUT2D eigenvalue weighted by Crippen LogP contribution is 2.20. The average molecular weight is 584 g/mol. The van der Waals surface area contributed by atoms with E-state index < -0.39 is 72.3 Å². The van der Waals surface area contributed by atoms with E-state index in [1.54, 1.807) is 6.92 Å². The zero-order chi connectivity index (χ0) is 31.3. The van der Waals surface area contributed by atoms with Crippen molar-refractivity contribution < 1.29 is 33.9 Å². The van der Waals surface area contributed by atoms with Crippen molar-refractivity contribution >= 4 is 41.4 Å². The lowest BCUT2D eigenvalue weighted by atomic mass is 9.97. The van der Waals surface area contributed by atoms with Crippen molar-refractivity contribution in [3.8, 4) is 0 Å². The van der Waals surface area contributed by atoms with Gasteiger partial charge in [0.2, 0.25) is 35.4 Å². The van der Waals surface area contributed by atoms with Gasteiger partial charge in [0.05, 0.1) is 6.61 Å². The molecule has 0 bridgehead atoms. The predicted octanol–water partition coefficient (Wildman–Crippen LogP) is -3.47. The van der Waals surface area contributed by atoms with Crippen LogP contribution in [-0.4, -0.2) is 101 Å². The van der Waals surface area contributed by atoms with Crippen LogP contribution in [0.5, 0.6) is 0 Å². The van der Waals surface area contributed by atoms with Crippen molar-refractivity contribution in [2.24, 2.45) is 28.1 Å². The molecule has 11 N–H and O–H groups in total. The van der Waals surface area contributed by atoms with Crippen molar-refractivity contribution in [3.05, 3.63) is 0 Å². The predicted molar refractivity (Wildman–Crippen MR) is 149 cm³/mol. The molecule has 0 saturated carbocycles. The van der Waals surface area contributed by atoms with E-state index >= 15 is 0 Å². The Morgan fingerprint density at radius 1 is 0.976 bits per heavy atom. The Bertz CT molecular complexity index is 986. The largest absolute Gasteiger partial charge is 0.394 e. The van der Waals surface area contributed by atoms with Crippen molar-refractivity contribution in [2.75, 3.05) is 19.7 Å². The molecule has 0 aromatic rings. The molecule has 1 fully saturated rings. The molecule has 0 unspecified atom stereocenters. The minimum absolute atomic E-state index is 0.121. The third kappa shape index (κ3) is 11.2. The Hall–Kier alpha value is -3.95. The van der Waals surface area contributed by atoms with Crippen LogP contribution in [0.3, 0.4) is 0 Å². The molecule has 1 aliphatic heterocycles. The van der Waals surface area contributed by atoms with E-state index in [0.717, 1.165) is 0 Å². The van der Waals surface area contributed by atoms with Crippen LogP contribution in [0.25, 0.3) is 0 Å². The van der Waals surface area contributed by atoms with E-state index in [0.29, 0.717) is 25.7 Å². The smallest absolute Gasteiger partial charge is 0.245 e. The number of aliphatic imine (C=N–C) groups is 1. The lowest BCUT2D eigenvalue weighted by molar-refractivity contribution is -0.142. The van der Waals surface area contributed by atoms with Gasteiger partial charge in [0.25, 0.3) is 0 Å². The van der Waals surface area contributed by atoms with Crippen LogP contribution >= 0.6 is 0 Å². The Balaban J connectivity index is 3.19. The molecule has 1 aliphatic rings. The second-order valence-corrected chi connectivity index (χ2v) is 10.1. The molecule has 6 amide bonds. The van der Waals surface area contributed by atoms with Crippen LogP contribution in [0, 0.1) is 5.92 Å². The number of amides is 6. The normalized spacial score (nSPS) is 18.2. The molecule has 1 heterocycles. The number of nitrogens with two attached hydrogens (primary N) is 3. The molecule has 1 saturated heterocycles. The fourth-order valence-corrected chi connectivity index (χ4v) is 4.30. The maximum Gasteiger partial charge on any atom is 0.245 e. The van der Waals surface area contributed by atoms with Gasteiger partial charge in [-0.25, -0.2) is 0 Å². The Kier molecular flexibility index (Phi) is 14.5. The number of nitrogens with one attached hydrogen (secondary N) is 4. The van der Waals surface area contributed by atoms with Gasteiger partial charge < -0.3 is 48.5 Å². The number of rotatable bonds is 16. The van der Waals surface area contributed by atoms with Gasteiger partial charge in [0.15, 0.2) is 5.96 Å². The van der Waals surface area contributed by atoms with E-state index in [1.807, 2.05) is 6.92 Å². The van der Waals surface area contributed by atoms with E-state index in [1.165, 1.54) is 18.7 Å². The standard InChI is InChI=1S/C25H45N9O7/c1-5-13(2)19(33-21(38)17(12-35)31-15(4)36)23(40)32-16(8-6-10-29-25(27)28)24(41)34-11-7-9-18(34)22(39)30-14(3)20(26)37/h13-14,16-19,35H,5-12H2,1-4H3,(H2,26,37)(H,30,39)(H,31,36)(H,32,40)(H,33,38)(H4,27,28,29)/t13-,14+,16-,17-,18-,19-/m0/s1. The molecular weight excluding hydrogens is 538 g/mol. The molecular formula is C25H45N9O7. The summed E-state index contributed by atoms with van der Waals surface area (Å²) in [4.78, 5) is 80.8. The van der Waals surface area contributed by atoms with Crippen LogP contribution in [-0.2, 0) is 28.8 Å². The van der Waals surface area contributed by atoms with Crippen LogP contribution in [0.1, 0.15) is 59.8 Å². The molecule has 16 heteroatoms. The van der Waals surface area contributed by atoms with Crippen molar-refractivity contribution in [1.82, 2.24) is 26.2 Å². The fraction of sp³-hybridized carbons (Fsp3) is 0.720. The number of guanidine groups is 1. The Labute approximate surface area is 239 Å². The van der Waals surface area contributed by atoms with Gasteiger partial charge in [0.1, 0.15) is 30.2 Å². The summed E-state index contributed by atoms with van der Waals surface area (Å²) >= 11 is 0. The lowest BCUT2D eigenvalue weighted by Gasteiger charge is -2.31. The van der Waals surface area contributed by atoms with Crippen LogP contribution in [0.4, 0.5) is 0 Å². The molecule has 0 aromatic carbocycles. The molecule has 16 nitrogen and oxygen atoms in total. The van der Waals surface area contributed by atoms with Gasteiger partial charge in [-0.2, -0.15) is 0 Å². The number of aliphatic hydroxyl groups is 1. The van der Waals surface area contributed by atoms with Gasteiger partial charge in [0, 0.05) is 20.0 Å². The highest BCUT2D eigenvalue weighted by Gasteiger charge is 2.39. The molecule has 0 aliphatic carbocycles. The minimum Gasteiger partial charge on any atom is -0.394 e. The SMILES string of the molecule is CC[C@H](C)[C@H](NC(=O)[C@H](CO)NC(C)=O)C(=O)N[C@@H](CCCN=C(N)N)C(=O)N1CCC[C@H]1C(=O)N[C@H](C)C(N)=O. The first-order valence-electron chi connectivity index (χ1n) is 13.7. The highest BCUT2D eigenvalue weighted by atomic mass is 16.3. The zero-order valence-corrected chi connectivity index (χ0v) is 24.1. The summed E-state index contributed by atoms with van der Waals surface area (Å²) in [6.45, 7) is 5.92. The summed E-state index contributed by atoms with van der Waals surface area (Å²) in [7, 11) is 0. The van der Waals surface area contributed by atoms with Crippen LogP contribution < -0.4 is 38.5 Å². The zero-order valence-electron chi connectivity index (χ0n) is 24.1. The number of primary amides is 1. The Morgan fingerprint density at radius 2 is 1.63 bits per heavy atom. The molecule has 0 aromatic heterocycles. The molecule has 232 valence electrons. The van der Waals surface area contributed by atoms with Gasteiger partial charge in [-0.15, -0.1) is 0 Å². The third-order valence-corrected chi connectivity index (χ3v) is 6.85. The number of carbonyl (C=O) groups is 6. The third-order valence-electron chi connectivity index (χ3n) is 6.85. The summed E-state index contributed by atoms with van der Waals surface area (Å²) in [5, 5.41) is 19.6. The van der Waals surface area contributed by atoms with Crippen molar-refractivity contribution in [3.63, 3.8) is 0 Å². The summed E-state index contributed by atoms with van der Waals surface area (Å²) in [5.41, 5.74) is 16.0. The van der Waals surface area contributed by atoms with E-state index in [4.69, 9.17) is 17.2 Å². The number of carbonyl (C=O) groups excluding carboxylic acids is 6. The topological polar surface area (TPSA) is 264 Å². The molecule has 6 atom stereocenters. The van der Waals surface area contributed by atoms with Gasteiger partial charge >= 0.3 is 0 Å². The first-order valence-corrected chi connectivity index (χ1v) is 13.7. The van der Waals surface area contributed by atoms with Crippen molar-refractivity contribution in [2.45, 2.75) is 90.0 Å².